The Morgan fingerprint density at radius 3 is 2.54 bits per heavy atom. The second kappa shape index (κ2) is 9.60. The van der Waals surface area contributed by atoms with Crippen LogP contribution in [0.25, 0.3) is 10.2 Å². The van der Waals surface area contributed by atoms with E-state index in [9.17, 15) is 4.79 Å². The highest BCUT2D eigenvalue weighted by Crippen LogP contribution is 2.35. The third-order valence-electron chi connectivity index (χ3n) is 4.53. The van der Waals surface area contributed by atoms with E-state index in [1.165, 1.54) is 11.3 Å². The van der Waals surface area contributed by atoms with Crippen molar-refractivity contribution in [1.29, 1.82) is 0 Å². The number of aromatic nitrogens is 2. The van der Waals surface area contributed by atoms with Crippen LogP contribution in [0.5, 0.6) is 0 Å². The van der Waals surface area contributed by atoms with Crippen LogP contribution in [0, 0.1) is 13.8 Å². The molecule has 28 heavy (non-hydrogen) atoms. The van der Waals surface area contributed by atoms with Crippen LogP contribution in [0.1, 0.15) is 34.9 Å². The summed E-state index contributed by atoms with van der Waals surface area (Å²) in [5.74, 6) is 1.45. The predicted molar refractivity (Wildman–Crippen MR) is 109 cm³/mol. The van der Waals surface area contributed by atoms with Crippen LogP contribution in [-0.2, 0) is 14.2 Å². The van der Waals surface area contributed by atoms with E-state index < -0.39 is 6.29 Å². The molecule has 1 saturated heterocycles. The normalized spacial score (nSPS) is 14.8. The van der Waals surface area contributed by atoms with Crippen molar-refractivity contribution in [3.05, 3.63) is 16.3 Å². The fourth-order valence-corrected chi connectivity index (χ4v) is 4.37. The Morgan fingerprint density at radius 2 is 1.89 bits per heavy atom. The second-order valence-electron chi connectivity index (χ2n) is 6.48. The molecule has 1 amide bonds. The Labute approximate surface area is 169 Å². The Hall–Kier alpha value is -1.81. The molecular formula is C19H28N4O4S. The highest BCUT2D eigenvalue weighted by molar-refractivity contribution is 7.20. The molecule has 1 aliphatic rings. The minimum absolute atomic E-state index is 0.143. The summed E-state index contributed by atoms with van der Waals surface area (Å²) in [5.41, 5.74) is 0.906. The zero-order valence-electron chi connectivity index (χ0n) is 16.9. The minimum Gasteiger partial charge on any atom is -0.378 e. The standard InChI is InChI=1S/C19H28N4O4S/c1-5-26-14(27-6-2)11-20-18(24)16-12(3)15-17(23-7-9-25-10-8-23)21-13(4)22-19(15)28-16/h14H,5-11H2,1-4H3,(H,20,24). The zero-order valence-corrected chi connectivity index (χ0v) is 17.7. The molecule has 9 heteroatoms. The zero-order chi connectivity index (χ0) is 20.1. The van der Waals surface area contributed by atoms with Crippen molar-refractivity contribution in [1.82, 2.24) is 15.3 Å². The number of carbonyl (C=O) groups excluding carboxylic acids is 1. The van der Waals surface area contributed by atoms with Gasteiger partial charge in [0.05, 0.1) is 30.0 Å². The number of nitrogens with one attached hydrogen (secondary N) is 1. The van der Waals surface area contributed by atoms with E-state index in [0.29, 0.717) is 43.7 Å². The SMILES string of the molecule is CCOC(CNC(=O)c1sc2nc(C)nc(N3CCOCC3)c2c1C)OCC. The number of morpholine rings is 1. The number of carbonyl (C=O) groups is 1. The van der Waals surface area contributed by atoms with Crippen molar-refractivity contribution < 1.29 is 19.0 Å². The third-order valence-corrected chi connectivity index (χ3v) is 5.72. The van der Waals surface area contributed by atoms with Crippen LogP contribution in [0.4, 0.5) is 5.82 Å². The number of hydrogen-bond donors (Lipinski definition) is 1. The molecule has 0 unspecified atom stereocenters. The molecule has 0 radical (unpaired) electrons. The van der Waals surface area contributed by atoms with Gasteiger partial charge in [0.15, 0.2) is 6.29 Å². The number of fused-ring (bicyclic) bond motifs is 1. The minimum atomic E-state index is -0.445. The highest BCUT2D eigenvalue weighted by atomic mass is 32.1. The molecule has 154 valence electrons. The molecule has 3 heterocycles. The van der Waals surface area contributed by atoms with Gasteiger partial charge in [0.1, 0.15) is 16.5 Å². The number of rotatable bonds is 8. The predicted octanol–water partition coefficient (Wildman–Crippen LogP) is 2.27. The number of nitrogens with zero attached hydrogens (tertiary/aromatic N) is 3. The molecule has 1 N–H and O–H groups in total. The molecular weight excluding hydrogens is 380 g/mol. The lowest BCUT2D eigenvalue weighted by Crippen LogP contribution is -2.37. The summed E-state index contributed by atoms with van der Waals surface area (Å²) in [4.78, 5) is 25.8. The van der Waals surface area contributed by atoms with Gasteiger partial charge in [-0.1, -0.05) is 0 Å². The van der Waals surface area contributed by atoms with E-state index in [4.69, 9.17) is 14.2 Å². The lowest BCUT2D eigenvalue weighted by atomic mass is 10.2. The van der Waals surface area contributed by atoms with Crippen LogP contribution in [0.15, 0.2) is 0 Å². The van der Waals surface area contributed by atoms with Crippen molar-refractivity contribution in [3.63, 3.8) is 0 Å². The van der Waals surface area contributed by atoms with Gasteiger partial charge in [0.2, 0.25) is 0 Å². The number of amides is 1. The molecule has 2 aromatic rings. The Balaban J connectivity index is 1.86. The summed E-state index contributed by atoms with van der Waals surface area (Å²) in [6.07, 6.45) is -0.445. The summed E-state index contributed by atoms with van der Waals surface area (Å²) >= 11 is 1.40. The maximum Gasteiger partial charge on any atom is 0.261 e. The number of aryl methyl sites for hydroxylation is 2. The smallest absolute Gasteiger partial charge is 0.261 e. The van der Waals surface area contributed by atoms with Crippen molar-refractivity contribution in [3.8, 4) is 0 Å². The van der Waals surface area contributed by atoms with Crippen molar-refractivity contribution in [2.45, 2.75) is 34.0 Å². The number of thiophene rings is 1. The monoisotopic (exact) mass is 408 g/mol. The molecule has 0 bridgehead atoms. The average Bonchev–Trinajstić information content (AvgIpc) is 3.02. The maximum atomic E-state index is 12.8. The molecule has 0 saturated carbocycles. The average molecular weight is 409 g/mol. The summed E-state index contributed by atoms with van der Waals surface area (Å²) in [7, 11) is 0. The van der Waals surface area contributed by atoms with E-state index in [1.807, 2.05) is 27.7 Å². The van der Waals surface area contributed by atoms with Gasteiger partial charge in [-0.2, -0.15) is 0 Å². The summed E-state index contributed by atoms with van der Waals surface area (Å²) < 4.78 is 16.5. The van der Waals surface area contributed by atoms with Crippen LogP contribution in [0.3, 0.4) is 0 Å². The fourth-order valence-electron chi connectivity index (χ4n) is 3.24. The second-order valence-corrected chi connectivity index (χ2v) is 7.48. The summed E-state index contributed by atoms with van der Waals surface area (Å²) in [6, 6.07) is 0. The van der Waals surface area contributed by atoms with Gasteiger partial charge in [-0.15, -0.1) is 11.3 Å². The van der Waals surface area contributed by atoms with E-state index in [-0.39, 0.29) is 5.91 Å². The van der Waals surface area contributed by atoms with Crippen molar-refractivity contribution in [2.24, 2.45) is 0 Å². The fraction of sp³-hybridized carbons (Fsp3) is 0.632. The maximum absolute atomic E-state index is 12.8. The Kier molecular flexibility index (Phi) is 7.17. The topological polar surface area (TPSA) is 85.8 Å². The first-order chi connectivity index (χ1) is 13.5. The lowest BCUT2D eigenvalue weighted by Gasteiger charge is -2.28. The van der Waals surface area contributed by atoms with E-state index >= 15 is 0 Å². The largest absolute Gasteiger partial charge is 0.378 e. The van der Waals surface area contributed by atoms with Crippen molar-refractivity contribution in [2.75, 3.05) is 51.0 Å². The molecule has 0 aliphatic carbocycles. The van der Waals surface area contributed by atoms with Crippen LogP contribution in [-0.4, -0.2) is 68.2 Å². The molecule has 1 fully saturated rings. The molecule has 0 spiro atoms. The molecule has 2 aromatic heterocycles. The van der Waals surface area contributed by atoms with Gasteiger partial charge in [0, 0.05) is 26.3 Å². The number of hydrogen-bond acceptors (Lipinski definition) is 8. The van der Waals surface area contributed by atoms with E-state index in [2.05, 4.69) is 20.2 Å². The lowest BCUT2D eigenvalue weighted by molar-refractivity contribution is -0.131. The van der Waals surface area contributed by atoms with Crippen LogP contribution in [0.2, 0.25) is 0 Å². The molecule has 0 atom stereocenters. The van der Waals surface area contributed by atoms with E-state index in [0.717, 1.165) is 34.7 Å². The summed E-state index contributed by atoms with van der Waals surface area (Å²) in [6.45, 7) is 11.9. The van der Waals surface area contributed by atoms with Crippen LogP contribution >= 0.6 is 11.3 Å². The molecule has 1 aliphatic heterocycles. The first-order valence-electron chi connectivity index (χ1n) is 9.66. The number of anilines is 1. The van der Waals surface area contributed by atoms with Gasteiger partial charge in [-0.25, -0.2) is 9.97 Å². The highest BCUT2D eigenvalue weighted by Gasteiger charge is 2.24. The van der Waals surface area contributed by atoms with Gasteiger partial charge in [0.25, 0.3) is 5.91 Å². The third kappa shape index (κ3) is 4.60. The van der Waals surface area contributed by atoms with Gasteiger partial charge >= 0.3 is 0 Å². The Bertz CT molecular complexity index is 814. The van der Waals surface area contributed by atoms with Gasteiger partial charge < -0.3 is 24.4 Å². The first kappa shape index (κ1) is 20.9. The van der Waals surface area contributed by atoms with Gasteiger partial charge in [-0.05, 0) is 33.3 Å². The Morgan fingerprint density at radius 1 is 1.21 bits per heavy atom. The summed E-state index contributed by atoms with van der Waals surface area (Å²) in [5, 5.41) is 3.88. The van der Waals surface area contributed by atoms with Crippen LogP contribution < -0.4 is 10.2 Å². The van der Waals surface area contributed by atoms with Crippen molar-refractivity contribution >= 4 is 33.3 Å². The van der Waals surface area contributed by atoms with Gasteiger partial charge in [-0.3, -0.25) is 4.79 Å². The first-order valence-corrected chi connectivity index (χ1v) is 10.5. The molecule has 0 aromatic carbocycles. The van der Waals surface area contributed by atoms with E-state index in [1.54, 1.807) is 0 Å². The number of ether oxygens (including phenoxy) is 3. The molecule has 8 nitrogen and oxygen atoms in total. The quantitative estimate of drug-likeness (QED) is 0.671. The molecule has 3 rings (SSSR count).